The van der Waals surface area contributed by atoms with Crippen LogP contribution in [0.1, 0.15) is 47.8 Å². The summed E-state index contributed by atoms with van der Waals surface area (Å²) in [5.41, 5.74) is 4.85. The van der Waals surface area contributed by atoms with E-state index in [1.54, 1.807) is 19.3 Å². The molecule has 1 N–H and O–H groups in total. The number of aromatic nitrogens is 1. The van der Waals surface area contributed by atoms with E-state index in [4.69, 9.17) is 11.6 Å². The molecule has 1 heterocycles. The van der Waals surface area contributed by atoms with Crippen molar-refractivity contribution in [3.05, 3.63) is 82.0 Å². The number of benzene rings is 2. The molecule has 1 aromatic heterocycles. The minimum absolute atomic E-state index is 0.155. The first-order chi connectivity index (χ1) is 15.6. The van der Waals surface area contributed by atoms with Crippen molar-refractivity contribution < 1.29 is 9.59 Å². The predicted octanol–water partition coefficient (Wildman–Crippen LogP) is 6.86. The van der Waals surface area contributed by atoms with Crippen LogP contribution in [0.25, 0.3) is 0 Å². The van der Waals surface area contributed by atoms with E-state index >= 15 is 0 Å². The lowest BCUT2D eigenvalue weighted by Gasteiger charge is -2.19. The summed E-state index contributed by atoms with van der Waals surface area (Å²) in [5, 5.41) is 0.484. The Kier molecular flexibility index (Phi) is 9.50. The molecule has 0 fully saturated rings. The molecule has 0 radical (unpaired) electrons. The van der Waals surface area contributed by atoms with E-state index in [9.17, 15) is 9.59 Å². The fourth-order valence-electron chi connectivity index (χ4n) is 2.81. The third kappa shape index (κ3) is 7.62. The molecule has 3 rings (SSSR count). The number of hydrogen-bond acceptors (Lipinski definition) is 5. The molecule has 33 heavy (non-hydrogen) atoms. The van der Waals surface area contributed by atoms with Crippen LogP contribution in [0.5, 0.6) is 0 Å². The summed E-state index contributed by atoms with van der Waals surface area (Å²) in [6.45, 7) is 10.4. The molecule has 2 aromatic carbocycles. The zero-order valence-corrected chi connectivity index (χ0v) is 21.4. The fraction of sp³-hybridized carbons (Fsp3) is 0.269. The van der Waals surface area contributed by atoms with Crippen LogP contribution in [0.2, 0.25) is 5.02 Å². The van der Waals surface area contributed by atoms with Crippen LogP contribution in [0, 0.1) is 13.8 Å². The van der Waals surface area contributed by atoms with E-state index < -0.39 is 0 Å². The second-order valence-corrected chi connectivity index (χ2v) is 9.93. The quantitative estimate of drug-likeness (QED) is 0.306. The van der Waals surface area contributed by atoms with Gasteiger partial charge in [0.05, 0.1) is 5.02 Å². The number of carbonyl (C=O) groups is 2. The zero-order valence-electron chi connectivity index (χ0n) is 19.8. The number of aryl methyl sites for hydroxylation is 1. The van der Waals surface area contributed by atoms with Crippen molar-refractivity contribution in [1.82, 2.24) is 4.98 Å². The molecule has 174 valence electrons. The van der Waals surface area contributed by atoms with Gasteiger partial charge in [-0.15, -0.1) is 0 Å². The van der Waals surface area contributed by atoms with Crippen molar-refractivity contribution in [3.63, 3.8) is 0 Å². The lowest BCUT2D eigenvalue weighted by atomic mass is 9.87. The second-order valence-electron chi connectivity index (χ2n) is 8.64. The number of aldehydes is 1. The second kappa shape index (κ2) is 11.9. The SMILES string of the molecule is Cc1c(NSc2ccc(C(C)(C)C)cc2)ccc(Cl)c1C=O.Cc1ccc(N(C)C=O)nc1. The molecule has 0 aliphatic rings. The minimum Gasteiger partial charge on any atom is -0.325 e. The maximum absolute atomic E-state index is 11.1. The summed E-state index contributed by atoms with van der Waals surface area (Å²) in [6.07, 6.45) is 3.26. The predicted molar refractivity (Wildman–Crippen MR) is 140 cm³/mol. The molecule has 0 saturated carbocycles. The number of halogens is 1. The van der Waals surface area contributed by atoms with Crippen LogP contribution in [-0.4, -0.2) is 24.7 Å². The fourth-order valence-corrected chi connectivity index (χ4v) is 3.78. The van der Waals surface area contributed by atoms with Crippen molar-refractivity contribution in [2.75, 3.05) is 16.7 Å². The van der Waals surface area contributed by atoms with Gasteiger partial charge in [-0.3, -0.25) is 9.59 Å². The van der Waals surface area contributed by atoms with E-state index in [0.717, 1.165) is 34.4 Å². The number of pyridine rings is 1. The van der Waals surface area contributed by atoms with Gasteiger partial charge in [-0.25, -0.2) is 4.98 Å². The summed E-state index contributed by atoms with van der Waals surface area (Å²) in [4.78, 5) is 28.0. The lowest BCUT2D eigenvalue weighted by molar-refractivity contribution is -0.107. The van der Waals surface area contributed by atoms with E-state index in [2.05, 4.69) is 54.7 Å². The first-order valence-electron chi connectivity index (χ1n) is 10.4. The third-order valence-corrected chi connectivity index (χ3v) is 6.15. The smallest absolute Gasteiger partial charge is 0.215 e. The lowest BCUT2D eigenvalue weighted by Crippen LogP contribution is -2.14. The standard InChI is InChI=1S/C18H20ClNOS.C8H10N2O/c1-12-15(11-21)16(19)9-10-17(12)20-22-14-7-5-13(6-8-14)18(2,3)4;1-7-3-4-8(9-5-7)10(2)6-11/h5-11,20H,1-4H3;3-6H,1-2H3. The Balaban J connectivity index is 0.000000294. The summed E-state index contributed by atoms with van der Waals surface area (Å²) in [7, 11) is 1.67. The highest BCUT2D eigenvalue weighted by Gasteiger charge is 2.13. The molecule has 3 aromatic rings. The summed E-state index contributed by atoms with van der Waals surface area (Å²) >= 11 is 7.54. The third-order valence-electron chi connectivity index (χ3n) is 4.99. The van der Waals surface area contributed by atoms with Crippen LogP contribution >= 0.6 is 23.5 Å². The average Bonchev–Trinajstić information content (AvgIpc) is 2.79. The molecule has 0 aliphatic heterocycles. The van der Waals surface area contributed by atoms with Crippen molar-refractivity contribution in [2.45, 2.75) is 44.9 Å². The molecular weight excluding hydrogens is 454 g/mol. The number of amides is 1. The van der Waals surface area contributed by atoms with Gasteiger partial charge in [0.1, 0.15) is 5.82 Å². The molecule has 0 atom stereocenters. The van der Waals surface area contributed by atoms with Crippen molar-refractivity contribution in [3.8, 4) is 0 Å². The van der Waals surface area contributed by atoms with Crippen LogP contribution in [-0.2, 0) is 10.2 Å². The maximum atomic E-state index is 11.1. The minimum atomic E-state index is 0.155. The van der Waals surface area contributed by atoms with Crippen molar-refractivity contribution >= 4 is 47.8 Å². The Morgan fingerprint density at radius 2 is 1.67 bits per heavy atom. The van der Waals surface area contributed by atoms with Gasteiger partial charge in [-0.1, -0.05) is 50.6 Å². The van der Waals surface area contributed by atoms with Gasteiger partial charge in [-0.2, -0.15) is 0 Å². The molecule has 0 aliphatic carbocycles. The van der Waals surface area contributed by atoms with E-state index in [1.165, 1.54) is 22.4 Å². The highest BCUT2D eigenvalue weighted by Crippen LogP contribution is 2.30. The number of rotatable bonds is 6. The van der Waals surface area contributed by atoms with Gasteiger partial charge in [0.2, 0.25) is 6.41 Å². The Morgan fingerprint density at radius 1 is 1.00 bits per heavy atom. The van der Waals surface area contributed by atoms with Gasteiger partial charge < -0.3 is 9.62 Å². The Bertz CT molecular complexity index is 1080. The number of nitrogens with one attached hydrogen (secondary N) is 1. The summed E-state index contributed by atoms with van der Waals surface area (Å²) < 4.78 is 3.29. The number of anilines is 2. The van der Waals surface area contributed by atoms with Crippen LogP contribution in [0.3, 0.4) is 0 Å². The molecule has 5 nitrogen and oxygen atoms in total. The average molecular weight is 484 g/mol. The van der Waals surface area contributed by atoms with Gasteiger partial charge >= 0.3 is 0 Å². The first kappa shape index (κ1) is 26.4. The monoisotopic (exact) mass is 483 g/mol. The molecule has 0 saturated heterocycles. The zero-order chi connectivity index (χ0) is 24.6. The Hall–Kier alpha value is -2.83. The summed E-state index contributed by atoms with van der Waals surface area (Å²) in [6, 6.07) is 15.9. The van der Waals surface area contributed by atoms with Crippen LogP contribution in [0.15, 0.2) is 59.6 Å². The van der Waals surface area contributed by atoms with Crippen LogP contribution in [0.4, 0.5) is 11.5 Å². The maximum Gasteiger partial charge on any atom is 0.215 e. The molecule has 0 unspecified atom stereocenters. The largest absolute Gasteiger partial charge is 0.325 e. The van der Waals surface area contributed by atoms with Crippen LogP contribution < -0.4 is 9.62 Å². The van der Waals surface area contributed by atoms with Crippen molar-refractivity contribution in [1.29, 1.82) is 0 Å². The molecule has 1 amide bonds. The first-order valence-corrected chi connectivity index (χ1v) is 11.6. The Labute approximate surface area is 205 Å². The van der Waals surface area contributed by atoms with Gasteiger partial charge in [0.25, 0.3) is 0 Å². The summed E-state index contributed by atoms with van der Waals surface area (Å²) in [5.74, 6) is 0.672. The van der Waals surface area contributed by atoms with Crippen molar-refractivity contribution in [2.24, 2.45) is 0 Å². The van der Waals surface area contributed by atoms with E-state index in [0.29, 0.717) is 16.4 Å². The number of carbonyl (C=O) groups excluding carboxylic acids is 2. The Morgan fingerprint density at radius 3 is 2.18 bits per heavy atom. The number of nitrogens with zero attached hydrogens (tertiary/aromatic N) is 2. The highest BCUT2D eigenvalue weighted by atomic mass is 35.5. The van der Waals surface area contributed by atoms with E-state index in [-0.39, 0.29) is 5.41 Å². The highest BCUT2D eigenvalue weighted by molar-refractivity contribution is 8.00. The van der Waals surface area contributed by atoms with Gasteiger partial charge in [-0.05, 0) is 78.2 Å². The molecule has 0 spiro atoms. The van der Waals surface area contributed by atoms with E-state index in [1.807, 2.05) is 32.0 Å². The normalized spacial score (nSPS) is 10.6. The number of hydrogen-bond donors (Lipinski definition) is 1. The molecule has 0 bridgehead atoms. The van der Waals surface area contributed by atoms with Gasteiger partial charge in [0.15, 0.2) is 6.29 Å². The van der Waals surface area contributed by atoms with Gasteiger partial charge in [0, 0.05) is 29.4 Å². The topological polar surface area (TPSA) is 62.3 Å². The molecule has 7 heteroatoms. The molecular formula is C26H30ClN3O2S.